The van der Waals surface area contributed by atoms with Gasteiger partial charge in [-0.25, -0.2) is 23.2 Å². The Morgan fingerprint density at radius 2 is 0.795 bits per heavy atom. The quantitative estimate of drug-likeness (QED) is 0.0116. The summed E-state index contributed by atoms with van der Waals surface area (Å²) in [6.45, 7) is -12.3. The predicted molar refractivity (Wildman–Crippen MR) is 509 cm³/mol. The van der Waals surface area contributed by atoms with Gasteiger partial charge in [0, 0.05) is 35.9 Å². The van der Waals surface area contributed by atoms with E-state index in [9.17, 15) is 129 Å². The van der Waals surface area contributed by atoms with E-state index in [1.54, 1.807) is 43.3 Å². The molecule has 0 saturated heterocycles. The number of anilines is 2. The van der Waals surface area contributed by atoms with E-state index in [-0.39, 0.29) is 85.0 Å². The van der Waals surface area contributed by atoms with Gasteiger partial charge in [0.05, 0.1) is 63.6 Å². The van der Waals surface area contributed by atoms with Crippen LogP contribution in [0, 0.1) is 10.7 Å². The Labute approximate surface area is 819 Å². The number of halogens is 31. The van der Waals surface area contributed by atoms with Crippen LogP contribution in [0.4, 0.5) is 99.2 Å². The van der Waals surface area contributed by atoms with Gasteiger partial charge in [-0.3, -0.25) is 9.59 Å². The van der Waals surface area contributed by atoms with Gasteiger partial charge in [0.15, 0.2) is 11.6 Å². The van der Waals surface area contributed by atoms with Crippen molar-refractivity contribution in [1.29, 1.82) is 0 Å². The fraction of sp³-hybridized carbons (Fsp3) is 0.310. The summed E-state index contributed by atoms with van der Waals surface area (Å²) in [4.78, 5) is 51.9. The second-order valence-corrected chi connectivity index (χ2v) is 143. The van der Waals surface area contributed by atoms with Crippen LogP contribution in [-0.2, 0) is 81.9 Å². The molecule has 7 aromatic rings. The maximum absolute atomic E-state index is 14.6. The molecule has 1 amide bonds. The average Bonchev–Trinajstić information content (AvgIpc) is 0.774. The van der Waals surface area contributed by atoms with Crippen molar-refractivity contribution >= 4 is 247 Å². The van der Waals surface area contributed by atoms with Crippen molar-refractivity contribution in [2.45, 2.75) is 127 Å². The number of carbonyl (C=O) groups is 5. The Morgan fingerprint density at radius 1 is 0.472 bits per heavy atom. The molecule has 9 rings (SSSR count). The Hall–Kier alpha value is -3.73. The molecule has 0 aliphatic carbocycles. The monoisotopic (exact) mass is 3070 g/mol. The van der Waals surface area contributed by atoms with E-state index in [0.717, 1.165) is 58.2 Å². The number of fused-ring (bicyclic) bond motifs is 2. The summed E-state index contributed by atoms with van der Waals surface area (Å²) in [6.07, 6.45) is -1.84. The van der Waals surface area contributed by atoms with Crippen molar-refractivity contribution in [2.24, 2.45) is 20.3 Å². The number of nitrogens with two attached hydrogens (primary N) is 2. The number of sulfonamides is 2. The van der Waals surface area contributed by atoms with E-state index in [4.69, 9.17) is 10.5 Å². The fourth-order valence-electron chi connectivity index (χ4n) is 8.42. The first kappa shape index (κ1) is 125. The van der Waals surface area contributed by atoms with Gasteiger partial charge in [-0.1, -0.05) is 82.9 Å². The molecule has 7 aromatic carbocycles. The molecule has 6 N–H and O–H groups in total. The van der Waals surface area contributed by atoms with Crippen LogP contribution < -0.4 is 59.0 Å². The molecular formula is C71H70BrF20I10N6O17S2-. The summed E-state index contributed by atoms with van der Waals surface area (Å²) in [5, 5.41) is 5.20. The zero-order chi connectivity index (χ0) is 94.6. The zero-order valence-electron chi connectivity index (χ0n) is 61.7. The molecule has 0 radical (unpaired) electrons. The molecule has 716 valence electrons. The van der Waals surface area contributed by atoms with Crippen LogP contribution in [0.5, 0.6) is 28.7 Å². The first-order valence-corrected chi connectivity index (χ1v) is 77.1. The summed E-state index contributed by atoms with van der Waals surface area (Å²) in [5.41, 5.74) is 6.38. The van der Waals surface area contributed by atoms with Gasteiger partial charge >= 0.3 is 171 Å². The fourth-order valence-corrected chi connectivity index (χ4v) is 222. The molecule has 2 aliphatic heterocycles. The second kappa shape index (κ2) is 59.9. The van der Waals surface area contributed by atoms with Crippen LogP contribution in [0.15, 0.2) is 176 Å². The molecular weight excluding hydrogens is 3000 g/mol. The number of amidine groups is 2. The minimum atomic E-state index is -4.18. The molecule has 0 spiro atoms. The number of esters is 3. The SMILES string of the molecule is C.C.C.CCOC(=O)C(F)(F)Br.CCOC(=O)C(F)(F)c1ccccc1OC(F)F.CCOC(=O)C1=NS(=O)(=O)c2cc(I)ccc2N1.FC(F)Oc1ccccc1I.I[I-]I(I)I(I)I.NC(=O)C(F)(F)c1ccccc1OC(F)F.NCC(F)(F)c1ccccc1OC(F)F.O=C(CCC(F)(F)c1ccccc1OC(F)F)C1=NS(=O)(=O)c2cc(I)ccc2N1. The number of ether oxygens (including phenoxy) is 8. The maximum Gasteiger partial charge on any atom is 0.387 e. The first-order valence-electron chi connectivity index (χ1n) is 32.5. The largest absolute Gasteiger partial charge is 0.434 e. The third-order valence-corrected chi connectivity index (χ3v) is 266. The van der Waals surface area contributed by atoms with Gasteiger partial charge in [0.2, 0.25) is 5.84 Å². The minimum Gasteiger partial charge on any atom is -0.434 e. The number of benzene rings is 7. The topological polar surface area (TPSA) is 328 Å². The number of rotatable bonds is 28. The van der Waals surface area contributed by atoms with Crippen LogP contribution in [-0.4, -0.2) is 122 Å². The molecule has 0 bridgehead atoms. The molecule has 2 heterocycles. The maximum atomic E-state index is 14.6. The second-order valence-electron chi connectivity index (χ2n) is 21.8. The summed E-state index contributed by atoms with van der Waals surface area (Å²) in [7, 11) is -8.52. The van der Waals surface area contributed by atoms with Gasteiger partial charge in [0.1, 0.15) is 38.5 Å². The van der Waals surface area contributed by atoms with Crippen LogP contribution in [0.25, 0.3) is 0 Å². The number of carbonyl (C=O) groups excluding carboxylic acids is 5. The number of hydrogen-bond donors (Lipinski definition) is 4. The molecule has 23 nitrogen and oxygen atoms in total. The molecule has 0 atom stereocenters. The van der Waals surface area contributed by atoms with Crippen LogP contribution >= 0.6 is 174 Å². The summed E-state index contributed by atoms with van der Waals surface area (Å²) >= 11 is 19.1. The Kier molecular flexibility index (Phi) is 59.1. The summed E-state index contributed by atoms with van der Waals surface area (Å²) < 4.78 is 343. The number of alkyl halides is 21. The third-order valence-electron chi connectivity index (χ3n) is 13.4. The number of para-hydroxylation sites is 5. The van der Waals surface area contributed by atoms with E-state index in [1.807, 2.05) is 83.7 Å². The third kappa shape index (κ3) is 43.7. The normalized spacial score (nSPS) is 12.8. The number of Topliss-reactive ketones (excluding diaryl/α,β-unsaturated/α-hetero) is 1. The molecule has 127 heavy (non-hydrogen) atoms. The molecule has 56 heteroatoms. The van der Waals surface area contributed by atoms with Crippen molar-refractivity contribution in [3.63, 3.8) is 0 Å². The summed E-state index contributed by atoms with van der Waals surface area (Å²) in [5.74, 6) is -25.6. The minimum absolute atomic E-state index is 0. The van der Waals surface area contributed by atoms with Gasteiger partial charge in [-0.05, 0) is 186 Å². The van der Waals surface area contributed by atoms with Crippen molar-refractivity contribution in [3.8, 4) is 28.7 Å². The van der Waals surface area contributed by atoms with Crippen molar-refractivity contribution in [2.75, 3.05) is 37.0 Å². The smallest absolute Gasteiger partial charge is 0.387 e. The number of hydrogen-bond acceptors (Lipinski definition) is 20. The number of primary amides is 1. The molecule has 0 unspecified atom stereocenters. The molecule has 0 fully saturated rings. The Bertz CT molecular complexity index is 4990. The van der Waals surface area contributed by atoms with Crippen LogP contribution in [0.1, 0.15) is 78.1 Å². The van der Waals surface area contributed by atoms with E-state index < -0.39 is 182 Å². The predicted octanol–water partition coefficient (Wildman–Crippen LogP) is 21.7. The number of amides is 1. The Balaban J connectivity index is 0. The van der Waals surface area contributed by atoms with E-state index in [1.165, 1.54) is 80.6 Å². The molecule has 2 aliphatic rings. The Morgan fingerprint density at radius 3 is 1.13 bits per heavy atom. The van der Waals surface area contributed by atoms with Gasteiger partial charge < -0.3 is 60.0 Å². The van der Waals surface area contributed by atoms with Crippen molar-refractivity contribution in [1.82, 2.24) is 0 Å². The van der Waals surface area contributed by atoms with Gasteiger partial charge in [-0.15, -0.1) is 8.80 Å². The van der Waals surface area contributed by atoms with Crippen molar-refractivity contribution in [3.05, 3.63) is 191 Å². The van der Waals surface area contributed by atoms with E-state index >= 15 is 0 Å². The molecule has 0 saturated carbocycles. The van der Waals surface area contributed by atoms with Crippen LogP contribution in [0.2, 0.25) is 0 Å². The van der Waals surface area contributed by atoms with Crippen LogP contribution in [0.3, 0.4) is 0 Å². The zero-order valence-corrected chi connectivity index (χ0v) is 86.5. The first-order chi connectivity index (χ1) is 57.5. The average molecular weight is 3070 g/mol. The molecule has 0 aromatic heterocycles. The van der Waals surface area contributed by atoms with E-state index in [0.29, 0.717) is 26.1 Å². The number of ketones is 1. The van der Waals surface area contributed by atoms with Gasteiger partial charge in [0.25, 0.3) is 37.8 Å². The van der Waals surface area contributed by atoms with Gasteiger partial charge in [-0.2, -0.15) is 95.9 Å². The standard InChI is InChI=1S/C18H13F4IN2O4S.C11H10F4O3.C10H9IN2O4S.C9H7F4NO2.C9H9F4NO.C7H5F2IO.C4H5BrF2O2.3CH4.I7/c19-17(20)29-14-4-2-1-3-11(14)18(21,22)8-7-13(26)16-24-12-6-5-10(23)9-15(12)30(27,28)25-16;1-2-17-9(16)11(14,15)7-5-3-4-6-8(7)18-10(12)13;1-2-17-10(14)9-12-7-4-3-6(11)5-8(7)18(15,16)13-9;10-8(11)16-6-4-2-1-3-5(6)9(12,13)7(14)15;10-8(11)15-7-4-2-1-3-6(7)9(12,13)5-14;8-7(9)11-6-4-2-1-3-5(6)10;1-2-9-3(8)4(5,6)7;;;;1-5-7(4)6(2)3/h1-6,9,17H,7-8H2,(H,24,25);3-6,10H,2H2,1H3;3-5H,2H2,1H3,(H,12,13);1-4,8H,(H2,14,15);1-4,8H,5,14H2;1-4,7H;2H2,1H3;3*1H4;/q;;;;;;;;;;-1. The summed E-state index contributed by atoms with van der Waals surface area (Å²) in [6, 6.07) is 33.1. The van der Waals surface area contributed by atoms with E-state index in [2.05, 4.69) is 133 Å². The number of nitrogens with zero attached hydrogens (tertiary/aromatic N) is 2. The number of nitrogens with one attached hydrogen (secondary N) is 2. The van der Waals surface area contributed by atoms with Crippen molar-refractivity contribution < 1.29 is 180 Å².